The van der Waals surface area contributed by atoms with Crippen LogP contribution in [0.25, 0.3) is 0 Å². The van der Waals surface area contributed by atoms with E-state index in [4.69, 9.17) is 41.5 Å². The van der Waals surface area contributed by atoms with Crippen LogP contribution in [0, 0.1) is 5.82 Å². The molecule has 0 bridgehead atoms. The molecule has 2 aliphatic rings. The first-order valence-corrected chi connectivity index (χ1v) is 9.41. The van der Waals surface area contributed by atoms with Crippen LogP contribution in [0.4, 0.5) is 4.39 Å². The minimum Gasteiger partial charge on any atom is -0.346 e. The van der Waals surface area contributed by atoms with E-state index in [1.165, 1.54) is 0 Å². The molecule has 140 valence electrons. The highest BCUT2D eigenvalue weighted by Gasteiger charge is 2.62. The molecule has 0 aliphatic carbocycles. The summed E-state index contributed by atoms with van der Waals surface area (Å²) in [5.74, 6) is -1.23. The molecule has 2 aliphatic heterocycles. The molecule has 13 heteroatoms. The number of H-pyrrole nitrogens is 1. The van der Waals surface area contributed by atoms with Gasteiger partial charge in [-0.1, -0.05) is 23.2 Å². The fourth-order valence-electron chi connectivity index (χ4n) is 2.51. The second-order valence-corrected chi connectivity index (χ2v) is 8.79. The molecule has 1 aromatic heterocycles. The second-order valence-electron chi connectivity index (χ2n) is 5.77. The number of alkyl halides is 2. The van der Waals surface area contributed by atoms with E-state index in [1.807, 2.05) is 0 Å². The molecule has 1 unspecified atom stereocenters. The van der Waals surface area contributed by atoms with Gasteiger partial charge in [-0.3, -0.25) is 27.9 Å². The van der Waals surface area contributed by atoms with Crippen molar-refractivity contribution >= 4 is 31.0 Å². The summed E-state index contributed by atoms with van der Waals surface area (Å²) in [4.78, 5) is 24.9. The lowest BCUT2D eigenvalue weighted by atomic mass is 10.2. The number of halogens is 3. The molecule has 0 saturated carbocycles. The Balaban J connectivity index is 1.94. The molecule has 0 radical (unpaired) electrons. The Morgan fingerprint density at radius 2 is 2.16 bits per heavy atom. The Morgan fingerprint density at radius 3 is 2.80 bits per heavy atom. The van der Waals surface area contributed by atoms with Crippen LogP contribution in [0.3, 0.4) is 0 Å². The van der Waals surface area contributed by atoms with Crippen LogP contribution in [0.2, 0.25) is 0 Å². The van der Waals surface area contributed by atoms with Crippen LogP contribution in [0.15, 0.2) is 15.8 Å². The van der Waals surface area contributed by atoms with Crippen molar-refractivity contribution < 1.29 is 27.3 Å². The number of aromatic nitrogens is 2. The Hall–Kier alpha value is -0.740. The van der Waals surface area contributed by atoms with Gasteiger partial charge in [0.05, 0.1) is 18.9 Å². The van der Waals surface area contributed by atoms with Gasteiger partial charge in [0.2, 0.25) is 5.82 Å². The summed E-state index contributed by atoms with van der Waals surface area (Å²) in [6.45, 7) is 3.03. The number of hydrogen-bond donors (Lipinski definition) is 1. The van der Waals surface area contributed by atoms with Crippen molar-refractivity contribution in [3.05, 3.63) is 32.9 Å². The van der Waals surface area contributed by atoms with Gasteiger partial charge in [0.25, 0.3) is 5.56 Å². The van der Waals surface area contributed by atoms with Gasteiger partial charge >= 0.3 is 13.5 Å². The number of nitrogens with zero attached hydrogens (tertiary/aromatic N) is 1. The highest BCUT2D eigenvalue weighted by atomic mass is 35.5. The topological polar surface area (TPSA) is 109 Å². The van der Waals surface area contributed by atoms with Crippen molar-refractivity contribution in [1.29, 1.82) is 0 Å². The fraction of sp³-hybridized carbons (Fsp3) is 0.667. The summed E-state index contributed by atoms with van der Waals surface area (Å²) in [7, 11) is -3.93. The van der Waals surface area contributed by atoms with E-state index in [0.717, 1.165) is 0 Å². The fourth-order valence-corrected chi connectivity index (χ4v) is 4.92. The standard InChI is InChI=1S/C12H14Cl2FN2O7P/c1-5(2)23-25(20)21-4-7-8(24-25)12(13,14)10(22-7)17-3-6(15)9(18)16-11(17)19/h3,5,7-8,10H,4H2,1-2H3,(H,16,18,19)/t7-,8-,10-,25?/m1/s1. The number of ether oxygens (including phenoxy) is 1. The molecule has 3 heterocycles. The molecule has 4 atom stereocenters. The molecular formula is C12H14Cl2FN2O7P. The maximum atomic E-state index is 13.5. The first kappa shape index (κ1) is 19.0. The van der Waals surface area contributed by atoms with Crippen molar-refractivity contribution in [3.8, 4) is 0 Å². The zero-order valence-electron chi connectivity index (χ0n) is 13.0. The Kier molecular flexibility index (Phi) is 4.91. The van der Waals surface area contributed by atoms with Crippen molar-refractivity contribution in [2.24, 2.45) is 0 Å². The number of aromatic amines is 1. The Bertz CT molecular complexity index is 841. The number of nitrogens with one attached hydrogen (secondary N) is 1. The monoisotopic (exact) mass is 418 g/mol. The SMILES string of the molecule is CC(C)OP1(=O)OC[C@H]2O[C@@H](n3cc(F)c(=O)[nH]c3=O)C(Cl)(Cl)[C@@H]2O1. The van der Waals surface area contributed by atoms with Crippen LogP contribution < -0.4 is 11.2 Å². The van der Waals surface area contributed by atoms with Gasteiger partial charge in [0.15, 0.2) is 10.6 Å². The molecule has 0 aromatic carbocycles. The van der Waals surface area contributed by atoms with Crippen LogP contribution in [-0.4, -0.2) is 38.8 Å². The van der Waals surface area contributed by atoms with Crippen LogP contribution in [0.5, 0.6) is 0 Å². The molecule has 2 saturated heterocycles. The average molecular weight is 419 g/mol. The molecule has 1 N–H and O–H groups in total. The number of rotatable bonds is 3. The first-order valence-electron chi connectivity index (χ1n) is 7.19. The quantitative estimate of drug-likeness (QED) is 0.587. The second kappa shape index (κ2) is 6.45. The van der Waals surface area contributed by atoms with Crippen molar-refractivity contribution in [2.45, 2.75) is 42.7 Å². The summed E-state index contributed by atoms with van der Waals surface area (Å²) >= 11 is 12.6. The third-order valence-corrected chi connectivity index (χ3v) is 5.94. The number of phosphoric acid groups is 1. The van der Waals surface area contributed by atoms with Gasteiger partial charge in [0.1, 0.15) is 12.2 Å². The van der Waals surface area contributed by atoms with E-state index >= 15 is 0 Å². The zero-order valence-corrected chi connectivity index (χ0v) is 15.4. The minimum atomic E-state index is -3.93. The summed E-state index contributed by atoms with van der Waals surface area (Å²) in [6, 6.07) is 0. The van der Waals surface area contributed by atoms with Gasteiger partial charge in [-0.05, 0) is 13.8 Å². The lowest BCUT2D eigenvalue weighted by molar-refractivity contribution is -0.0750. The summed E-state index contributed by atoms with van der Waals surface area (Å²) in [6.07, 6.45) is -3.33. The number of hydrogen-bond acceptors (Lipinski definition) is 7. The van der Waals surface area contributed by atoms with Crippen molar-refractivity contribution in [1.82, 2.24) is 9.55 Å². The largest absolute Gasteiger partial charge is 0.475 e. The van der Waals surface area contributed by atoms with E-state index in [1.54, 1.807) is 18.8 Å². The van der Waals surface area contributed by atoms with Crippen molar-refractivity contribution in [3.63, 3.8) is 0 Å². The molecular weight excluding hydrogens is 405 g/mol. The summed E-state index contributed by atoms with van der Waals surface area (Å²) in [5, 5.41) is 0. The molecule has 2 fully saturated rings. The average Bonchev–Trinajstić information content (AvgIpc) is 2.73. The number of fused-ring (bicyclic) bond motifs is 1. The van der Waals surface area contributed by atoms with E-state index < -0.39 is 53.8 Å². The molecule has 1 aromatic rings. The minimum absolute atomic E-state index is 0.229. The number of phosphoric ester groups is 1. The zero-order chi connectivity index (χ0) is 18.6. The van der Waals surface area contributed by atoms with Gasteiger partial charge in [-0.15, -0.1) is 0 Å². The molecule has 25 heavy (non-hydrogen) atoms. The van der Waals surface area contributed by atoms with E-state index in [9.17, 15) is 18.5 Å². The van der Waals surface area contributed by atoms with Crippen LogP contribution in [-0.2, 0) is 22.9 Å². The van der Waals surface area contributed by atoms with Gasteiger partial charge in [0, 0.05) is 0 Å². The summed E-state index contributed by atoms with van der Waals surface area (Å²) in [5.41, 5.74) is -2.18. The maximum Gasteiger partial charge on any atom is 0.475 e. The van der Waals surface area contributed by atoms with E-state index in [0.29, 0.717) is 10.8 Å². The van der Waals surface area contributed by atoms with E-state index in [-0.39, 0.29) is 6.61 Å². The predicted molar refractivity (Wildman–Crippen MR) is 84.3 cm³/mol. The first-order chi connectivity index (χ1) is 11.5. The predicted octanol–water partition coefficient (Wildman–Crippen LogP) is 1.70. The van der Waals surface area contributed by atoms with Gasteiger partial charge in [-0.25, -0.2) is 9.36 Å². The third-order valence-electron chi connectivity index (χ3n) is 3.51. The highest BCUT2D eigenvalue weighted by molar-refractivity contribution is 7.48. The Morgan fingerprint density at radius 1 is 1.48 bits per heavy atom. The van der Waals surface area contributed by atoms with Crippen molar-refractivity contribution in [2.75, 3.05) is 6.61 Å². The van der Waals surface area contributed by atoms with Gasteiger partial charge in [-0.2, -0.15) is 4.39 Å². The molecule has 0 amide bonds. The van der Waals surface area contributed by atoms with Crippen LogP contribution >= 0.6 is 31.0 Å². The lowest BCUT2D eigenvalue weighted by Crippen LogP contribution is -2.44. The molecule has 3 rings (SSSR count). The molecule has 9 nitrogen and oxygen atoms in total. The summed E-state index contributed by atoms with van der Waals surface area (Å²) < 4.78 is 45.8. The van der Waals surface area contributed by atoms with Gasteiger partial charge < -0.3 is 4.74 Å². The smallest absolute Gasteiger partial charge is 0.346 e. The lowest BCUT2D eigenvalue weighted by Gasteiger charge is -2.33. The molecule has 0 spiro atoms. The Labute approximate surface area is 150 Å². The normalized spacial score (nSPS) is 34.2. The maximum absolute atomic E-state index is 13.5. The van der Waals surface area contributed by atoms with E-state index in [2.05, 4.69) is 0 Å². The van der Waals surface area contributed by atoms with Crippen LogP contribution in [0.1, 0.15) is 20.1 Å². The highest BCUT2D eigenvalue weighted by Crippen LogP contribution is 2.61. The third kappa shape index (κ3) is 3.44.